The maximum absolute atomic E-state index is 11.1. The molecule has 5 heterocycles. The third kappa shape index (κ3) is 24.4. The van der Waals surface area contributed by atoms with Crippen LogP contribution in [0.15, 0.2) is 113 Å². The number of hydrogen-bond acceptors (Lipinski definition) is 19. The Morgan fingerprint density at radius 3 is 1.23 bits per heavy atom. The number of ether oxygens (including phenoxy) is 4. The Kier molecular flexibility index (Phi) is 30.7. The van der Waals surface area contributed by atoms with Crippen molar-refractivity contribution in [2.24, 2.45) is 0 Å². The van der Waals surface area contributed by atoms with Gasteiger partial charge in [-0.1, -0.05) is 65.2 Å². The molecule has 0 radical (unpaired) electrons. The molecule has 2 saturated heterocycles. The molecule has 1 aromatic carbocycles. The van der Waals surface area contributed by atoms with Crippen molar-refractivity contribution in [3.05, 3.63) is 118 Å². The van der Waals surface area contributed by atoms with Gasteiger partial charge in [-0.3, -0.25) is 14.0 Å². The fourth-order valence-electron chi connectivity index (χ4n) is 7.51. The van der Waals surface area contributed by atoms with Crippen LogP contribution in [0.5, 0.6) is 0 Å². The lowest BCUT2D eigenvalue weighted by molar-refractivity contribution is -0.180. The zero-order chi connectivity index (χ0) is 64.7. The van der Waals surface area contributed by atoms with Crippen molar-refractivity contribution < 1.29 is 49.6 Å². The molecule has 6 rings (SSSR count). The van der Waals surface area contributed by atoms with E-state index in [1.807, 2.05) is 141 Å². The average Bonchev–Trinajstić information content (AvgIpc) is 3.39. The van der Waals surface area contributed by atoms with Crippen LogP contribution in [0.4, 0.5) is 0 Å². The van der Waals surface area contributed by atoms with E-state index in [9.17, 15) is 15.3 Å². The molecule has 2 aliphatic rings. The van der Waals surface area contributed by atoms with Gasteiger partial charge in [-0.15, -0.1) is 35.3 Å². The Bertz CT molecular complexity index is 2890. The topological polar surface area (TPSA) is 250 Å². The smallest absolute Gasteiger partial charge is 0.183 e. The monoisotopic (exact) mass is 1250 g/mol. The molecular weight excluding hydrogens is 1150 g/mol. The van der Waals surface area contributed by atoms with Gasteiger partial charge in [0, 0.05) is 31.0 Å². The standard InChI is InChI=1S/C23H35N3O3S.C18H25N3O3S.C12H18O.C11H21N3O3S/c1-16(2)17(3)9-10-18(4)19(5)21-28-11-20(12-29-21)30-22(6,7)23(8,27)13-26-15-24-14-25-26;1-17(2,18(3,22)11-21-13-19-12-20-21)25-15-9-23-16(24-10-15)14-7-5-4-6-8-14;1-9(2)10(3)6-7-11(4)12(5)8-13;1-10(2,18-9(4-15)5-16)11(3,17)6-14-8-12-7-13-14/h14-15,20-21,27H,11-13H2,1-8H3;4-8,12-13,15-16,22H,9-11H2,1-3H3;13H,8H2,1-5H3;7-9,15-17H,4-6H2,1-3H3/b19-18-;;12-11-;. The highest BCUT2D eigenvalue weighted by molar-refractivity contribution is 8.01. The molecule has 0 bridgehead atoms. The minimum atomic E-state index is -1.05. The molecule has 0 spiro atoms. The molecular formula is C64H99N9O10S3. The van der Waals surface area contributed by atoms with Crippen molar-refractivity contribution in [2.75, 3.05) is 46.2 Å². The molecule has 0 saturated carbocycles. The van der Waals surface area contributed by atoms with Crippen molar-refractivity contribution in [2.45, 2.75) is 211 Å². The normalized spacial score (nSPS) is 19.8. The fourth-order valence-corrected chi connectivity index (χ4v) is 11.7. The van der Waals surface area contributed by atoms with Crippen LogP contribution in [-0.2, 0) is 38.6 Å². The van der Waals surface area contributed by atoms with Crippen LogP contribution < -0.4 is 0 Å². The van der Waals surface area contributed by atoms with Gasteiger partial charge in [0.2, 0.25) is 0 Å². The van der Waals surface area contributed by atoms with E-state index >= 15 is 0 Å². The molecule has 4 aromatic rings. The number of allylic oxidation sites excluding steroid dienone is 6. The van der Waals surface area contributed by atoms with Gasteiger partial charge in [0.25, 0.3) is 0 Å². The van der Waals surface area contributed by atoms with Gasteiger partial charge >= 0.3 is 0 Å². The predicted octanol–water partition coefficient (Wildman–Crippen LogP) is 9.20. The largest absolute Gasteiger partial charge is 0.395 e. The van der Waals surface area contributed by atoms with E-state index in [0.29, 0.717) is 46.1 Å². The summed E-state index contributed by atoms with van der Waals surface area (Å²) in [5.74, 6) is 12.5. The summed E-state index contributed by atoms with van der Waals surface area (Å²) in [5.41, 5.74) is 6.58. The number of aliphatic hydroxyl groups excluding tert-OH is 3. The maximum Gasteiger partial charge on any atom is 0.183 e. The molecule has 6 N–H and O–H groups in total. The van der Waals surface area contributed by atoms with E-state index < -0.39 is 31.0 Å². The highest BCUT2D eigenvalue weighted by Gasteiger charge is 2.45. The minimum Gasteiger partial charge on any atom is -0.395 e. The summed E-state index contributed by atoms with van der Waals surface area (Å²) in [5, 5.41) is 71.9. The summed E-state index contributed by atoms with van der Waals surface area (Å²) in [6.45, 7) is 40.6. The molecule has 3 aromatic heterocycles. The highest BCUT2D eigenvalue weighted by atomic mass is 32.2. The molecule has 0 amide bonds. The first kappa shape index (κ1) is 75.6. The number of nitrogens with zero attached hydrogens (tertiary/aromatic N) is 9. The third-order valence-corrected chi connectivity index (χ3v) is 20.4. The summed E-state index contributed by atoms with van der Waals surface area (Å²) in [6, 6.07) is 9.95. The summed E-state index contributed by atoms with van der Waals surface area (Å²) in [4.78, 5) is 11.7. The molecule has 478 valence electrons. The van der Waals surface area contributed by atoms with Crippen LogP contribution in [-0.4, -0.2) is 174 Å². The van der Waals surface area contributed by atoms with Gasteiger partial charge in [-0.05, 0) is 154 Å². The maximum atomic E-state index is 11.1. The summed E-state index contributed by atoms with van der Waals surface area (Å²) in [6.07, 6.45) is 8.47. The lowest BCUT2D eigenvalue weighted by atomic mass is 9.91. The summed E-state index contributed by atoms with van der Waals surface area (Å²) in [7, 11) is 0. The van der Waals surface area contributed by atoms with E-state index in [4.69, 9.17) is 34.3 Å². The van der Waals surface area contributed by atoms with Crippen molar-refractivity contribution in [3.8, 4) is 23.7 Å². The van der Waals surface area contributed by atoms with Crippen LogP contribution in [0, 0.1) is 23.7 Å². The molecule has 19 nitrogen and oxygen atoms in total. The average molecular weight is 1250 g/mol. The van der Waals surface area contributed by atoms with E-state index in [1.165, 1.54) is 41.9 Å². The SMILES string of the molecule is CC(C)=C(C)C#C/C(C)=C(/C)C1OCC(SC(C)(C)C(C)(O)Cn2cncn2)CO1.CC(C)=C(C)C#C/C(C)=C(/C)CO.CC(O)(Cn1cncn1)C(C)(C)SC(CO)CO.CC(O)(Cn1cncn1)C(C)(C)SC1COC(c2ccccc2)OC1. The van der Waals surface area contributed by atoms with Gasteiger partial charge in [-0.2, -0.15) is 15.3 Å². The number of aliphatic hydroxyl groups is 6. The van der Waals surface area contributed by atoms with Crippen LogP contribution in [0.25, 0.3) is 0 Å². The van der Waals surface area contributed by atoms with Crippen LogP contribution in [0.2, 0.25) is 0 Å². The fraction of sp³-hybridized carbons (Fsp3) is 0.625. The zero-order valence-corrected chi connectivity index (χ0v) is 56.8. The number of rotatable bonds is 20. The molecule has 2 aliphatic heterocycles. The first-order valence-electron chi connectivity index (χ1n) is 28.8. The second-order valence-electron chi connectivity index (χ2n) is 24.2. The Labute approximate surface area is 525 Å². The van der Waals surface area contributed by atoms with Crippen molar-refractivity contribution in [1.82, 2.24) is 44.3 Å². The van der Waals surface area contributed by atoms with E-state index in [2.05, 4.69) is 67.8 Å². The molecule has 22 heteroatoms. The van der Waals surface area contributed by atoms with Crippen LogP contribution in [0.1, 0.15) is 143 Å². The van der Waals surface area contributed by atoms with Crippen molar-refractivity contribution in [3.63, 3.8) is 0 Å². The summed E-state index contributed by atoms with van der Waals surface area (Å²) >= 11 is 4.73. The lowest BCUT2D eigenvalue weighted by Gasteiger charge is -2.42. The van der Waals surface area contributed by atoms with Crippen molar-refractivity contribution in [1.29, 1.82) is 0 Å². The quantitative estimate of drug-likeness (QED) is 0.0451. The molecule has 3 atom stereocenters. The number of thioether (sulfide) groups is 3. The molecule has 86 heavy (non-hydrogen) atoms. The van der Waals surface area contributed by atoms with E-state index in [1.54, 1.807) is 63.5 Å². The Hall–Kier alpha value is -4.63. The number of benzene rings is 1. The number of aromatic nitrogens is 9. The van der Waals surface area contributed by atoms with E-state index in [0.717, 1.165) is 39.0 Å². The number of hydrogen-bond donors (Lipinski definition) is 6. The van der Waals surface area contributed by atoms with Crippen LogP contribution in [0.3, 0.4) is 0 Å². The zero-order valence-electron chi connectivity index (χ0n) is 54.4. The molecule has 2 fully saturated rings. The Morgan fingerprint density at radius 1 is 0.523 bits per heavy atom. The second-order valence-corrected chi connectivity index (χ2v) is 30.0. The molecule has 0 aliphatic carbocycles. The second kappa shape index (κ2) is 34.9. The minimum absolute atomic E-state index is 0.0916. The first-order valence-corrected chi connectivity index (χ1v) is 31.4. The highest BCUT2D eigenvalue weighted by Crippen LogP contribution is 2.43. The predicted molar refractivity (Wildman–Crippen MR) is 347 cm³/mol. The van der Waals surface area contributed by atoms with Gasteiger partial charge in [0.1, 0.15) is 38.0 Å². The van der Waals surface area contributed by atoms with Gasteiger partial charge < -0.3 is 49.6 Å². The Morgan fingerprint density at radius 2 is 0.884 bits per heavy atom. The summed E-state index contributed by atoms with van der Waals surface area (Å²) < 4.78 is 27.3. The van der Waals surface area contributed by atoms with Crippen molar-refractivity contribution >= 4 is 35.3 Å². The molecule has 3 unspecified atom stereocenters. The van der Waals surface area contributed by atoms with Gasteiger partial charge in [0.15, 0.2) is 12.6 Å². The van der Waals surface area contributed by atoms with Gasteiger partial charge in [-0.25, -0.2) is 15.0 Å². The lowest BCUT2D eigenvalue weighted by Crippen LogP contribution is -2.50. The van der Waals surface area contributed by atoms with Crippen LogP contribution >= 0.6 is 35.3 Å². The Balaban J connectivity index is 0.000000314. The van der Waals surface area contributed by atoms with Gasteiger partial charge in [0.05, 0.1) is 98.4 Å². The van der Waals surface area contributed by atoms with E-state index in [-0.39, 0.29) is 48.2 Å². The first-order chi connectivity index (χ1) is 40.1. The third-order valence-electron chi connectivity index (χ3n) is 15.5.